The topological polar surface area (TPSA) is 12.4 Å². The summed E-state index contributed by atoms with van der Waals surface area (Å²) in [5.74, 6) is 2.56. The maximum atomic E-state index is 3.97. The van der Waals surface area contributed by atoms with Crippen LogP contribution in [-0.4, -0.2) is 13.3 Å². The molecule has 1 rings (SSSR count). The smallest absolute Gasteiger partial charge is 0.0277 e. The molecular weight excluding hydrogens is 146 g/mol. The standard InChI is InChI=1S/C11H19N/c1-8(5-6-12-4)11-9(2)7-10(11)3/h5-6,9-11H,7H2,1-4H3/b8-5-,12-6-. The second-order valence-electron chi connectivity index (χ2n) is 4.03. The Balaban J connectivity index is 2.57. The molecular formula is C11H19N. The molecule has 1 aliphatic carbocycles. The normalized spacial score (nSPS) is 37.0. The van der Waals surface area contributed by atoms with Gasteiger partial charge in [-0.1, -0.05) is 19.4 Å². The van der Waals surface area contributed by atoms with Gasteiger partial charge in [0.1, 0.15) is 0 Å². The Bertz CT molecular complexity index is 195. The highest BCUT2D eigenvalue weighted by molar-refractivity contribution is 5.72. The average Bonchev–Trinajstić information content (AvgIpc) is 2.00. The first-order valence-electron chi connectivity index (χ1n) is 4.75. The zero-order valence-electron chi connectivity index (χ0n) is 8.54. The molecule has 0 spiro atoms. The highest BCUT2D eigenvalue weighted by Crippen LogP contribution is 2.43. The first-order chi connectivity index (χ1) is 5.66. The molecule has 2 unspecified atom stereocenters. The molecule has 1 aliphatic rings. The summed E-state index contributed by atoms with van der Waals surface area (Å²) < 4.78 is 0. The summed E-state index contributed by atoms with van der Waals surface area (Å²) in [6, 6.07) is 0. The summed E-state index contributed by atoms with van der Waals surface area (Å²) in [5, 5.41) is 0. The van der Waals surface area contributed by atoms with Gasteiger partial charge in [-0.2, -0.15) is 0 Å². The molecule has 0 aromatic heterocycles. The average molecular weight is 165 g/mol. The zero-order chi connectivity index (χ0) is 9.14. The maximum Gasteiger partial charge on any atom is 0.0277 e. The first kappa shape index (κ1) is 9.50. The largest absolute Gasteiger partial charge is 0.297 e. The highest BCUT2D eigenvalue weighted by atomic mass is 14.6. The van der Waals surface area contributed by atoms with E-state index >= 15 is 0 Å². The number of nitrogens with zero attached hydrogens (tertiary/aromatic N) is 1. The number of aliphatic imine (C=N–C) groups is 1. The van der Waals surface area contributed by atoms with Gasteiger partial charge in [-0.05, 0) is 37.2 Å². The fourth-order valence-electron chi connectivity index (χ4n) is 2.45. The molecule has 0 aliphatic heterocycles. The monoisotopic (exact) mass is 165 g/mol. The van der Waals surface area contributed by atoms with Crippen LogP contribution in [0.4, 0.5) is 0 Å². The van der Waals surface area contributed by atoms with Crippen molar-refractivity contribution < 1.29 is 0 Å². The van der Waals surface area contributed by atoms with Crippen molar-refractivity contribution in [1.29, 1.82) is 0 Å². The van der Waals surface area contributed by atoms with Gasteiger partial charge in [-0.3, -0.25) is 4.99 Å². The Morgan fingerprint density at radius 3 is 2.33 bits per heavy atom. The minimum absolute atomic E-state index is 0.808. The van der Waals surface area contributed by atoms with Crippen molar-refractivity contribution in [2.45, 2.75) is 27.2 Å². The molecule has 0 heterocycles. The first-order valence-corrected chi connectivity index (χ1v) is 4.75. The lowest BCUT2D eigenvalue weighted by atomic mass is 9.63. The molecule has 0 radical (unpaired) electrons. The predicted octanol–water partition coefficient (Wildman–Crippen LogP) is 2.93. The molecule has 12 heavy (non-hydrogen) atoms. The summed E-state index contributed by atoms with van der Waals surface area (Å²) in [5.41, 5.74) is 1.49. The van der Waals surface area contributed by atoms with E-state index in [-0.39, 0.29) is 0 Å². The Hall–Kier alpha value is -0.590. The second-order valence-corrected chi connectivity index (χ2v) is 4.03. The van der Waals surface area contributed by atoms with Crippen molar-refractivity contribution in [2.24, 2.45) is 22.7 Å². The van der Waals surface area contributed by atoms with E-state index in [1.165, 1.54) is 12.0 Å². The molecule has 1 heteroatoms. The summed E-state index contributed by atoms with van der Waals surface area (Å²) >= 11 is 0. The minimum atomic E-state index is 0.808. The molecule has 0 N–H and O–H groups in total. The van der Waals surface area contributed by atoms with E-state index in [4.69, 9.17) is 0 Å². The van der Waals surface area contributed by atoms with Gasteiger partial charge in [0.25, 0.3) is 0 Å². The van der Waals surface area contributed by atoms with E-state index < -0.39 is 0 Å². The van der Waals surface area contributed by atoms with Crippen LogP contribution in [0.15, 0.2) is 16.6 Å². The lowest BCUT2D eigenvalue weighted by molar-refractivity contribution is 0.137. The molecule has 0 aromatic rings. The number of hydrogen-bond acceptors (Lipinski definition) is 1. The van der Waals surface area contributed by atoms with E-state index in [2.05, 4.69) is 31.8 Å². The van der Waals surface area contributed by atoms with Gasteiger partial charge < -0.3 is 0 Å². The Kier molecular flexibility index (Phi) is 3.07. The number of hydrogen-bond donors (Lipinski definition) is 0. The van der Waals surface area contributed by atoms with Crippen LogP contribution in [0.25, 0.3) is 0 Å². The van der Waals surface area contributed by atoms with Gasteiger partial charge in [0.05, 0.1) is 0 Å². The quantitative estimate of drug-likeness (QED) is 0.558. The summed E-state index contributed by atoms with van der Waals surface area (Å²) in [6.07, 6.45) is 5.43. The van der Waals surface area contributed by atoms with Gasteiger partial charge in [0.2, 0.25) is 0 Å². The number of allylic oxidation sites excluding steroid dienone is 2. The van der Waals surface area contributed by atoms with Gasteiger partial charge >= 0.3 is 0 Å². The van der Waals surface area contributed by atoms with Crippen LogP contribution in [0.3, 0.4) is 0 Å². The van der Waals surface area contributed by atoms with Crippen LogP contribution in [0, 0.1) is 17.8 Å². The second kappa shape index (κ2) is 3.88. The molecule has 1 nitrogen and oxygen atoms in total. The van der Waals surface area contributed by atoms with Crippen LogP contribution in [0.2, 0.25) is 0 Å². The molecule has 1 fully saturated rings. The predicted molar refractivity (Wildman–Crippen MR) is 54.6 cm³/mol. The van der Waals surface area contributed by atoms with Gasteiger partial charge in [0.15, 0.2) is 0 Å². The molecule has 0 amide bonds. The van der Waals surface area contributed by atoms with Crippen molar-refractivity contribution in [3.05, 3.63) is 11.6 Å². The van der Waals surface area contributed by atoms with Crippen molar-refractivity contribution in [2.75, 3.05) is 7.05 Å². The van der Waals surface area contributed by atoms with Crippen LogP contribution in [-0.2, 0) is 0 Å². The molecule has 1 saturated carbocycles. The molecule has 68 valence electrons. The van der Waals surface area contributed by atoms with E-state index in [0.717, 1.165) is 17.8 Å². The maximum absolute atomic E-state index is 3.97. The minimum Gasteiger partial charge on any atom is -0.297 e. The highest BCUT2D eigenvalue weighted by Gasteiger charge is 2.35. The third-order valence-corrected chi connectivity index (χ3v) is 2.98. The van der Waals surface area contributed by atoms with Crippen LogP contribution >= 0.6 is 0 Å². The van der Waals surface area contributed by atoms with Crippen LogP contribution in [0.5, 0.6) is 0 Å². The van der Waals surface area contributed by atoms with Gasteiger partial charge in [-0.15, -0.1) is 0 Å². The lowest BCUT2D eigenvalue weighted by Crippen LogP contribution is -2.33. The van der Waals surface area contributed by atoms with E-state index in [9.17, 15) is 0 Å². The third kappa shape index (κ3) is 1.77. The summed E-state index contributed by atoms with van der Waals surface area (Å²) in [6.45, 7) is 6.90. The number of rotatable bonds is 2. The van der Waals surface area contributed by atoms with Gasteiger partial charge in [-0.25, -0.2) is 0 Å². The van der Waals surface area contributed by atoms with E-state index in [1.807, 2.05) is 13.3 Å². The Morgan fingerprint density at radius 1 is 1.33 bits per heavy atom. The SMILES string of the molecule is C/N=C\C=C(\C)C1C(C)CC1C. The third-order valence-electron chi connectivity index (χ3n) is 2.98. The van der Waals surface area contributed by atoms with E-state index in [1.54, 1.807) is 0 Å². The Morgan fingerprint density at radius 2 is 1.92 bits per heavy atom. The summed E-state index contributed by atoms with van der Waals surface area (Å²) in [7, 11) is 1.82. The van der Waals surface area contributed by atoms with Crippen molar-refractivity contribution in [3.63, 3.8) is 0 Å². The molecule has 2 atom stereocenters. The Labute approximate surface area is 75.6 Å². The summed E-state index contributed by atoms with van der Waals surface area (Å²) in [4.78, 5) is 3.97. The van der Waals surface area contributed by atoms with Crippen molar-refractivity contribution in [1.82, 2.24) is 0 Å². The van der Waals surface area contributed by atoms with Gasteiger partial charge in [0, 0.05) is 13.3 Å². The molecule has 0 bridgehead atoms. The van der Waals surface area contributed by atoms with Crippen LogP contribution in [0.1, 0.15) is 27.2 Å². The molecule has 0 aromatic carbocycles. The van der Waals surface area contributed by atoms with Crippen molar-refractivity contribution in [3.8, 4) is 0 Å². The fraction of sp³-hybridized carbons (Fsp3) is 0.727. The zero-order valence-corrected chi connectivity index (χ0v) is 8.54. The fourth-order valence-corrected chi connectivity index (χ4v) is 2.45. The van der Waals surface area contributed by atoms with E-state index in [0.29, 0.717) is 0 Å². The lowest BCUT2D eigenvalue weighted by Gasteiger charge is -2.42. The van der Waals surface area contributed by atoms with Crippen molar-refractivity contribution >= 4 is 6.21 Å². The van der Waals surface area contributed by atoms with Crippen LogP contribution < -0.4 is 0 Å². The molecule has 0 saturated heterocycles.